The first kappa shape index (κ1) is 17.6. The van der Waals surface area contributed by atoms with E-state index in [-0.39, 0.29) is 11.8 Å². The second-order valence-electron chi connectivity index (χ2n) is 6.44. The fourth-order valence-electron chi connectivity index (χ4n) is 2.20. The van der Waals surface area contributed by atoms with Gasteiger partial charge in [0.25, 0.3) is 0 Å². The highest BCUT2D eigenvalue weighted by Crippen LogP contribution is 2.41. The van der Waals surface area contributed by atoms with E-state index in [4.69, 9.17) is 14.3 Å². The van der Waals surface area contributed by atoms with Crippen LogP contribution < -0.4 is 9.16 Å². The van der Waals surface area contributed by atoms with Gasteiger partial charge in [0.1, 0.15) is 5.75 Å². The summed E-state index contributed by atoms with van der Waals surface area (Å²) in [5.74, 6) is 0.668. The fourth-order valence-corrected chi connectivity index (χ4v) is 2.93. The van der Waals surface area contributed by atoms with Crippen LogP contribution in [0.2, 0.25) is 13.1 Å². The molecule has 1 aromatic carbocycles. The van der Waals surface area contributed by atoms with Crippen LogP contribution >= 0.6 is 0 Å². The molecule has 0 aliphatic rings. The van der Waals surface area contributed by atoms with Crippen LogP contribution in [-0.2, 0) is 16.6 Å². The molecule has 0 atom stereocenters. The van der Waals surface area contributed by atoms with Crippen LogP contribution in [0.15, 0.2) is 12.1 Å². The minimum absolute atomic E-state index is 0.0622. The normalized spacial score (nSPS) is 11.6. The zero-order valence-corrected chi connectivity index (χ0v) is 15.0. The van der Waals surface area contributed by atoms with Crippen molar-refractivity contribution in [1.82, 2.24) is 0 Å². The molecule has 1 rings (SSSR count). The standard InChI is InChI=1S/C16H26O4Si/c1-16(2,3)12-9-7-11(8-10-13(17)18)14(15(12)19-4)20-21(5)6/h7,9,21H,8,10H2,1-6H3,(H,17,18). The molecule has 0 bridgehead atoms. The van der Waals surface area contributed by atoms with E-state index < -0.39 is 15.0 Å². The van der Waals surface area contributed by atoms with Gasteiger partial charge in [-0.25, -0.2) is 0 Å². The molecule has 0 spiro atoms. The van der Waals surface area contributed by atoms with E-state index in [9.17, 15) is 4.79 Å². The molecule has 0 aromatic heterocycles. The van der Waals surface area contributed by atoms with Crippen molar-refractivity contribution in [3.8, 4) is 11.5 Å². The minimum atomic E-state index is -1.32. The average Bonchev–Trinajstić information content (AvgIpc) is 2.34. The minimum Gasteiger partial charge on any atom is -0.544 e. The van der Waals surface area contributed by atoms with Gasteiger partial charge in [0.15, 0.2) is 5.75 Å². The maximum absolute atomic E-state index is 10.8. The number of hydrogen-bond acceptors (Lipinski definition) is 3. The van der Waals surface area contributed by atoms with E-state index in [0.29, 0.717) is 6.42 Å². The smallest absolute Gasteiger partial charge is 0.303 e. The lowest BCUT2D eigenvalue weighted by atomic mass is 9.85. The molecule has 0 aliphatic heterocycles. The summed E-state index contributed by atoms with van der Waals surface area (Å²) < 4.78 is 11.7. The van der Waals surface area contributed by atoms with E-state index in [0.717, 1.165) is 22.6 Å². The molecule has 0 saturated heterocycles. The van der Waals surface area contributed by atoms with Crippen LogP contribution in [0.5, 0.6) is 11.5 Å². The first-order valence-electron chi connectivity index (χ1n) is 7.25. The predicted molar refractivity (Wildman–Crippen MR) is 87.2 cm³/mol. The van der Waals surface area contributed by atoms with Crippen molar-refractivity contribution in [2.24, 2.45) is 0 Å². The molecule has 0 aliphatic carbocycles. The molecule has 0 heterocycles. The van der Waals surface area contributed by atoms with E-state index in [1.165, 1.54) is 0 Å². The average molecular weight is 310 g/mol. The number of hydrogen-bond donors (Lipinski definition) is 1. The Morgan fingerprint density at radius 2 is 1.86 bits per heavy atom. The Morgan fingerprint density at radius 1 is 1.24 bits per heavy atom. The lowest BCUT2D eigenvalue weighted by Crippen LogP contribution is -2.18. The number of carboxylic acids is 1. The van der Waals surface area contributed by atoms with Gasteiger partial charge in [0.2, 0.25) is 9.04 Å². The third kappa shape index (κ3) is 4.77. The molecular formula is C16H26O4Si. The second-order valence-corrected chi connectivity index (χ2v) is 8.78. The predicted octanol–water partition coefficient (Wildman–Crippen LogP) is 3.37. The van der Waals surface area contributed by atoms with Crippen molar-refractivity contribution in [3.63, 3.8) is 0 Å². The quantitative estimate of drug-likeness (QED) is 0.819. The van der Waals surface area contributed by atoms with Crippen LogP contribution in [-0.4, -0.2) is 27.2 Å². The number of aryl methyl sites for hydroxylation is 1. The van der Waals surface area contributed by atoms with Gasteiger partial charge in [0, 0.05) is 12.0 Å². The summed E-state index contributed by atoms with van der Waals surface area (Å²) >= 11 is 0. The molecule has 1 N–H and O–H groups in total. The molecule has 0 amide bonds. The van der Waals surface area contributed by atoms with Crippen LogP contribution in [0.3, 0.4) is 0 Å². The van der Waals surface area contributed by atoms with Crippen molar-refractivity contribution >= 4 is 15.0 Å². The number of ether oxygens (including phenoxy) is 1. The van der Waals surface area contributed by atoms with Gasteiger partial charge in [-0.05, 0) is 30.5 Å². The van der Waals surface area contributed by atoms with Crippen molar-refractivity contribution in [3.05, 3.63) is 23.3 Å². The van der Waals surface area contributed by atoms with E-state index in [2.05, 4.69) is 33.9 Å². The fraction of sp³-hybridized carbons (Fsp3) is 0.562. The first-order chi connectivity index (χ1) is 9.66. The molecule has 0 radical (unpaired) electrons. The molecule has 5 heteroatoms. The van der Waals surface area contributed by atoms with Gasteiger partial charge in [-0.3, -0.25) is 4.79 Å². The molecular weight excluding hydrogens is 284 g/mol. The Hall–Kier alpha value is -1.49. The summed E-state index contributed by atoms with van der Waals surface area (Å²) in [4.78, 5) is 10.8. The van der Waals surface area contributed by atoms with E-state index >= 15 is 0 Å². The molecule has 118 valence electrons. The van der Waals surface area contributed by atoms with Gasteiger partial charge in [-0.2, -0.15) is 0 Å². The Kier molecular flexibility index (Phi) is 5.84. The van der Waals surface area contributed by atoms with Gasteiger partial charge in [-0.15, -0.1) is 0 Å². The van der Waals surface area contributed by atoms with Crippen LogP contribution in [0.25, 0.3) is 0 Å². The van der Waals surface area contributed by atoms with Crippen LogP contribution in [0, 0.1) is 0 Å². The van der Waals surface area contributed by atoms with E-state index in [1.54, 1.807) is 7.11 Å². The Labute approximate surface area is 128 Å². The van der Waals surface area contributed by atoms with Gasteiger partial charge in [0.05, 0.1) is 7.11 Å². The maximum Gasteiger partial charge on any atom is 0.303 e. The number of rotatable bonds is 6. The number of benzene rings is 1. The third-order valence-electron chi connectivity index (χ3n) is 3.17. The molecule has 4 nitrogen and oxygen atoms in total. The Balaban J connectivity index is 3.35. The van der Waals surface area contributed by atoms with Crippen molar-refractivity contribution in [2.45, 2.75) is 52.1 Å². The van der Waals surface area contributed by atoms with Crippen molar-refractivity contribution in [2.75, 3.05) is 7.11 Å². The van der Waals surface area contributed by atoms with Crippen LogP contribution in [0.1, 0.15) is 38.3 Å². The summed E-state index contributed by atoms with van der Waals surface area (Å²) in [5, 5.41) is 8.89. The summed E-state index contributed by atoms with van der Waals surface area (Å²) in [6.07, 6.45) is 0.542. The highest BCUT2D eigenvalue weighted by molar-refractivity contribution is 6.49. The number of carboxylic acid groups (broad SMARTS) is 1. The van der Waals surface area contributed by atoms with Gasteiger partial charge < -0.3 is 14.3 Å². The topological polar surface area (TPSA) is 55.8 Å². The molecule has 0 unspecified atom stereocenters. The van der Waals surface area contributed by atoms with Crippen molar-refractivity contribution < 1.29 is 19.1 Å². The third-order valence-corrected chi connectivity index (χ3v) is 3.87. The summed E-state index contributed by atoms with van der Waals surface area (Å²) in [5.41, 5.74) is 1.92. The number of aliphatic carboxylic acids is 1. The first-order valence-corrected chi connectivity index (χ1v) is 10.0. The zero-order valence-electron chi connectivity index (χ0n) is 13.8. The maximum atomic E-state index is 10.8. The van der Waals surface area contributed by atoms with Gasteiger partial charge >= 0.3 is 5.97 Å². The number of methoxy groups -OCH3 is 1. The highest BCUT2D eigenvalue weighted by Gasteiger charge is 2.24. The lowest BCUT2D eigenvalue weighted by molar-refractivity contribution is -0.136. The molecule has 0 saturated carbocycles. The molecule has 21 heavy (non-hydrogen) atoms. The monoisotopic (exact) mass is 310 g/mol. The van der Waals surface area contributed by atoms with Gasteiger partial charge in [-0.1, -0.05) is 32.9 Å². The number of carbonyl (C=O) groups is 1. The largest absolute Gasteiger partial charge is 0.544 e. The van der Waals surface area contributed by atoms with Crippen molar-refractivity contribution in [1.29, 1.82) is 0 Å². The SMILES string of the molecule is COc1c(C(C)(C)C)ccc(CCC(=O)O)c1O[SiH](C)C. The molecule has 0 fully saturated rings. The molecule has 1 aromatic rings. The van der Waals surface area contributed by atoms with E-state index in [1.807, 2.05) is 12.1 Å². The summed E-state index contributed by atoms with van der Waals surface area (Å²) in [6.45, 7) is 10.5. The Morgan fingerprint density at radius 3 is 2.29 bits per heavy atom. The summed E-state index contributed by atoms with van der Waals surface area (Å²) in [7, 11) is 0.320. The Bertz CT molecular complexity index is 504. The lowest BCUT2D eigenvalue weighted by Gasteiger charge is -2.26. The van der Waals surface area contributed by atoms with Crippen LogP contribution in [0.4, 0.5) is 0 Å². The highest BCUT2D eigenvalue weighted by atomic mass is 28.3. The summed E-state index contributed by atoms with van der Waals surface area (Å²) in [6, 6.07) is 3.99. The second kappa shape index (κ2) is 6.98. The zero-order chi connectivity index (χ0) is 16.2.